The van der Waals surface area contributed by atoms with Crippen LogP contribution in [0, 0.1) is 0 Å². The predicted octanol–water partition coefficient (Wildman–Crippen LogP) is 3.06. The number of aryl methyl sites for hydroxylation is 1. The van der Waals surface area contributed by atoms with Gasteiger partial charge in [-0.25, -0.2) is 0 Å². The Labute approximate surface area is 112 Å². The normalized spacial score (nSPS) is 12.9. The summed E-state index contributed by atoms with van der Waals surface area (Å²) in [6.45, 7) is 0.620. The Hall–Kier alpha value is -2.00. The summed E-state index contributed by atoms with van der Waals surface area (Å²) in [6.07, 6.45) is 4.74. The first-order chi connectivity index (χ1) is 9.29. The highest BCUT2D eigenvalue weighted by Gasteiger charge is 2.17. The molecule has 0 aliphatic heterocycles. The standard InChI is InChI=1S/C16H18N2O/c1-18-11-15(14-6-2-3-7-16(14)18)12(10-17)9-13-5-4-8-19-13/h2-8,11-12H,9-10,17H2,1H3. The van der Waals surface area contributed by atoms with Crippen molar-refractivity contribution in [2.24, 2.45) is 12.8 Å². The summed E-state index contributed by atoms with van der Waals surface area (Å²) in [4.78, 5) is 0. The predicted molar refractivity (Wildman–Crippen MR) is 77.1 cm³/mol. The first-order valence-electron chi connectivity index (χ1n) is 6.56. The van der Waals surface area contributed by atoms with Crippen LogP contribution >= 0.6 is 0 Å². The van der Waals surface area contributed by atoms with E-state index in [1.807, 2.05) is 12.1 Å². The molecule has 3 nitrogen and oxygen atoms in total. The molecule has 1 aromatic carbocycles. The molecule has 2 heterocycles. The van der Waals surface area contributed by atoms with E-state index in [-0.39, 0.29) is 5.92 Å². The van der Waals surface area contributed by atoms with Crippen molar-refractivity contribution < 1.29 is 4.42 Å². The zero-order valence-corrected chi connectivity index (χ0v) is 11.0. The van der Waals surface area contributed by atoms with Crippen LogP contribution in [0.2, 0.25) is 0 Å². The SMILES string of the molecule is Cn1cc(C(CN)Cc2ccco2)c2ccccc21. The van der Waals surface area contributed by atoms with Gasteiger partial charge in [-0.1, -0.05) is 18.2 Å². The highest BCUT2D eigenvalue weighted by atomic mass is 16.3. The van der Waals surface area contributed by atoms with Crippen LogP contribution in [0.5, 0.6) is 0 Å². The molecule has 98 valence electrons. The highest BCUT2D eigenvalue weighted by molar-refractivity contribution is 5.84. The maximum atomic E-state index is 5.97. The molecule has 3 heteroatoms. The molecule has 0 saturated heterocycles. The molecule has 3 rings (SSSR count). The van der Waals surface area contributed by atoms with Gasteiger partial charge in [0, 0.05) is 36.5 Å². The Kier molecular flexibility index (Phi) is 3.13. The van der Waals surface area contributed by atoms with Gasteiger partial charge in [0.15, 0.2) is 0 Å². The molecule has 1 atom stereocenters. The van der Waals surface area contributed by atoms with Crippen LogP contribution in [0.4, 0.5) is 0 Å². The van der Waals surface area contributed by atoms with E-state index in [0.29, 0.717) is 6.54 Å². The number of aromatic nitrogens is 1. The van der Waals surface area contributed by atoms with E-state index in [4.69, 9.17) is 10.2 Å². The summed E-state index contributed by atoms with van der Waals surface area (Å²) in [7, 11) is 2.08. The largest absolute Gasteiger partial charge is 0.469 e. The molecule has 1 unspecified atom stereocenters. The van der Waals surface area contributed by atoms with Crippen molar-refractivity contribution in [3.63, 3.8) is 0 Å². The molecule has 0 fully saturated rings. The second-order valence-electron chi connectivity index (χ2n) is 4.93. The topological polar surface area (TPSA) is 44.1 Å². The molecule has 0 bridgehead atoms. The number of nitrogens with zero attached hydrogens (tertiary/aromatic N) is 1. The van der Waals surface area contributed by atoms with E-state index >= 15 is 0 Å². The molecule has 0 amide bonds. The molecular formula is C16H18N2O. The van der Waals surface area contributed by atoms with Crippen molar-refractivity contribution in [1.82, 2.24) is 4.57 Å². The zero-order valence-electron chi connectivity index (χ0n) is 11.0. The Morgan fingerprint density at radius 2 is 2.05 bits per heavy atom. The molecule has 0 radical (unpaired) electrons. The molecule has 0 aliphatic rings. The Morgan fingerprint density at radius 1 is 1.21 bits per heavy atom. The molecule has 19 heavy (non-hydrogen) atoms. The van der Waals surface area contributed by atoms with E-state index < -0.39 is 0 Å². The number of benzene rings is 1. The van der Waals surface area contributed by atoms with Crippen LogP contribution in [0.15, 0.2) is 53.3 Å². The van der Waals surface area contributed by atoms with Crippen molar-refractivity contribution in [1.29, 1.82) is 0 Å². The Morgan fingerprint density at radius 3 is 2.79 bits per heavy atom. The molecule has 0 aliphatic carbocycles. The van der Waals surface area contributed by atoms with Gasteiger partial charge in [0.25, 0.3) is 0 Å². The van der Waals surface area contributed by atoms with E-state index in [9.17, 15) is 0 Å². The van der Waals surface area contributed by atoms with Gasteiger partial charge < -0.3 is 14.7 Å². The van der Waals surface area contributed by atoms with Crippen LogP contribution in [-0.4, -0.2) is 11.1 Å². The first kappa shape index (κ1) is 12.1. The third kappa shape index (κ3) is 2.17. The number of furan rings is 1. The van der Waals surface area contributed by atoms with Gasteiger partial charge in [-0.05, 0) is 30.3 Å². The van der Waals surface area contributed by atoms with Gasteiger partial charge in [0.05, 0.1) is 6.26 Å². The van der Waals surface area contributed by atoms with E-state index in [1.54, 1.807) is 6.26 Å². The van der Waals surface area contributed by atoms with E-state index in [2.05, 4.69) is 42.1 Å². The maximum absolute atomic E-state index is 5.97. The average Bonchev–Trinajstić information content (AvgIpc) is 3.05. The second kappa shape index (κ2) is 4.94. The lowest BCUT2D eigenvalue weighted by Crippen LogP contribution is -2.14. The summed E-state index contributed by atoms with van der Waals surface area (Å²) in [5.74, 6) is 1.28. The van der Waals surface area contributed by atoms with E-state index in [0.717, 1.165) is 12.2 Å². The minimum Gasteiger partial charge on any atom is -0.469 e. The third-order valence-corrected chi connectivity index (χ3v) is 3.68. The maximum Gasteiger partial charge on any atom is 0.104 e. The number of hydrogen-bond acceptors (Lipinski definition) is 2. The summed E-state index contributed by atoms with van der Waals surface area (Å²) in [5, 5.41) is 1.28. The number of nitrogens with two attached hydrogens (primary N) is 1. The Balaban J connectivity index is 2.01. The third-order valence-electron chi connectivity index (χ3n) is 3.68. The van der Waals surface area contributed by atoms with Crippen LogP contribution in [0.25, 0.3) is 10.9 Å². The highest BCUT2D eigenvalue weighted by Crippen LogP contribution is 2.29. The van der Waals surface area contributed by atoms with Crippen LogP contribution in [0.3, 0.4) is 0 Å². The van der Waals surface area contributed by atoms with Crippen molar-refractivity contribution in [2.75, 3.05) is 6.54 Å². The van der Waals surface area contributed by atoms with Crippen molar-refractivity contribution in [2.45, 2.75) is 12.3 Å². The molecular weight excluding hydrogens is 236 g/mol. The van der Waals surface area contributed by atoms with Crippen molar-refractivity contribution in [3.8, 4) is 0 Å². The number of fused-ring (bicyclic) bond motifs is 1. The van der Waals surface area contributed by atoms with Gasteiger partial charge in [-0.2, -0.15) is 0 Å². The summed E-state index contributed by atoms with van der Waals surface area (Å²) in [6, 6.07) is 12.4. The van der Waals surface area contributed by atoms with Gasteiger partial charge >= 0.3 is 0 Å². The first-order valence-corrected chi connectivity index (χ1v) is 6.56. The number of hydrogen-bond donors (Lipinski definition) is 1. The van der Waals surface area contributed by atoms with Crippen LogP contribution in [-0.2, 0) is 13.5 Å². The minimum atomic E-state index is 0.289. The average molecular weight is 254 g/mol. The summed E-state index contributed by atoms with van der Waals surface area (Å²) in [5.41, 5.74) is 8.52. The fourth-order valence-corrected chi connectivity index (χ4v) is 2.69. The smallest absolute Gasteiger partial charge is 0.104 e. The fourth-order valence-electron chi connectivity index (χ4n) is 2.69. The lowest BCUT2D eigenvalue weighted by Gasteiger charge is -2.12. The lowest BCUT2D eigenvalue weighted by molar-refractivity contribution is 0.487. The van der Waals surface area contributed by atoms with Gasteiger partial charge in [0.1, 0.15) is 5.76 Å². The van der Waals surface area contributed by atoms with Crippen LogP contribution < -0.4 is 5.73 Å². The minimum absolute atomic E-state index is 0.289. The lowest BCUT2D eigenvalue weighted by atomic mass is 9.94. The quantitative estimate of drug-likeness (QED) is 0.777. The van der Waals surface area contributed by atoms with Crippen molar-refractivity contribution in [3.05, 3.63) is 60.2 Å². The van der Waals surface area contributed by atoms with Gasteiger partial charge in [-0.15, -0.1) is 0 Å². The Bertz CT molecular complexity index is 667. The van der Waals surface area contributed by atoms with Crippen molar-refractivity contribution >= 4 is 10.9 Å². The van der Waals surface area contributed by atoms with Crippen LogP contribution in [0.1, 0.15) is 17.2 Å². The number of para-hydroxylation sites is 1. The summed E-state index contributed by atoms with van der Waals surface area (Å²) >= 11 is 0. The van der Waals surface area contributed by atoms with E-state index in [1.165, 1.54) is 16.5 Å². The van der Waals surface area contributed by atoms with Gasteiger partial charge in [-0.3, -0.25) is 0 Å². The molecule has 2 N–H and O–H groups in total. The second-order valence-corrected chi connectivity index (χ2v) is 4.93. The van der Waals surface area contributed by atoms with Gasteiger partial charge in [0.2, 0.25) is 0 Å². The molecule has 0 spiro atoms. The molecule has 2 aromatic heterocycles. The monoisotopic (exact) mass is 254 g/mol. The molecule has 0 saturated carbocycles. The fraction of sp³-hybridized carbons (Fsp3) is 0.250. The number of rotatable bonds is 4. The zero-order chi connectivity index (χ0) is 13.2. The molecule has 3 aromatic rings. The summed E-state index contributed by atoms with van der Waals surface area (Å²) < 4.78 is 7.61.